The van der Waals surface area contributed by atoms with Crippen LogP contribution in [0.5, 0.6) is 5.75 Å². The van der Waals surface area contributed by atoms with E-state index in [4.69, 9.17) is 11.6 Å². The second-order valence-corrected chi connectivity index (χ2v) is 5.30. The maximum absolute atomic E-state index is 12.1. The Labute approximate surface area is 122 Å². The van der Waals surface area contributed by atoms with Gasteiger partial charge in [-0.05, 0) is 25.0 Å². The van der Waals surface area contributed by atoms with Crippen molar-refractivity contribution in [3.05, 3.63) is 28.8 Å². The molecule has 0 unspecified atom stereocenters. The summed E-state index contributed by atoms with van der Waals surface area (Å²) in [7, 11) is 0. The molecule has 1 aliphatic heterocycles. The van der Waals surface area contributed by atoms with Gasteiger partial charge < -0.3 is 15.3 Å². The van der Waals surface area contributed by atoms with Crippen LogP contribution >= 0.6 is 11.6 Å². The number of para-hydroxylation sites is 1. The van der Waals surface area contributed by atoms with E-state index in [1.54, 1.807) is 17.9 Å². The van der Waals surface area contributed by atoms with Gasteiger partial charge in [-0.1, -0.05) is 17.7 Å². The van der Waals surface area contributed by atoms with Crippen LogP contribution in [0.3, 0.4) is 0 Å². The molecule has 0 atom stereocenters. The number of nitrogens with one attached hydrogen (secondary N) is 1. The summed E-state index contributed by atoms with van der Waals surface area (Å²) in [4.78, 5) is 25.1. The molecule has 2 amide bonds. The highest BCUT2D eigenvalue weighted by atomic mass is 35.5. The first-order valence-electron chi connectivity index (χ1n) is 6.53. The highest BCUT2D eigenvalue weighted by Crippen LogP contribution is 2.27. The number of rotatable bonds is 2. The van der Waals surface area contributed by atoms with Crippen LogP contribution in [0.4, 0.5) is 0 Å². The topological polar surface area (TPSA) is 69.6 Å². The number of hydrogen-bond donors (Lipinski definition) is 2. The molecule has 2 N–H and O–H groups in total. The summed E-state index contributed by atoms with van der Waals surface area (Å²) >= 11 is 5.78. The number of piperidine rings is 1. The van der Waals surface area contributed by atoms with Crippen LogP contribution in [0.25, 0.3) is 0 Å². The maximum Gasteiger partial charge on any atom is 0.255 e. The summed E-state index contributed by atoms with van der Waals surface area (Å²) in [5, 5.41) is 12.8. The molecule has 6 heteroatoms. The molecule has 5 nitrogen and oxygen atoms in total. The van der Waals surface area contributed by atoms with Gasteiger partial charge in [0.25, 0.3) is 5.91 Å². The van der Waals surface area contributed by atoms with Crippen molar-refractivity contribution in [3.8, 4) is 5.75 Å². The third-order valence-electron chi connectivity index (χ3n) is 3.51. The molecule has 0 aliphatic carbocycles. The third-order valence-corrected chi connectivity index (χ3v) is 3.81. The van der Waals surface area contributed by atoms with E-state index in [0.717, 1.165) is 0 Å². The van der Waals surface area contributed by atoms with Gasteiger partial charge in [0.15, 0.2) is 0 Å². The molecule has 0 saturated carbocycles. The summed E-state index contributed by atoms with van der Waals surface area (Å²) in [6, 6.07) is 4.69. The van der Waals surface area contributed by atoms with Gasteiger partial charge in [-0.2, -0.15) is 0 Å². The molecule has 0 spiro atoms. The molecule has 1 aromatic rings. The number of amides is 2. The minimum Gasteiger partial charge on any atom is -0.506 e. The number of carbonyl (C=O) groups is 2. The molecular formula is C14H17ClN2O3. The zero-order valence-corrected chi connectivity index (χ0v) is 12.0. The Morgan fingerprint density at radius 3 is 2.60 bits per heavy atom. The second kappa shape index (κ2) is 6.13. The van der Waals surface area contributed by atoms with E-state index in [9.17, 15) is 14.7 Å². The minimum absolute atomic E-state index is 0.0106. The number of halogens is 1. The van der Waals surface area contributed by atoms with Crippen molar-refractivity contribution in [1.29, 1.82) is 0 Å². The SMILES string of the molecule is CC(=O)N1CCC(NC(=O)c2cccc(Cl)c2O)CC1. The van der Waals surface area contributed by atoms with Crippen molar-refractivity contribution in [2.24, 2.45) is 0 Å². The Bertz CT molecular complexity index is 525. The fraction of sp³-hybridized carbons (Fsp3) is 0.429. The lowest BCUT2D eigenvalue weighted by molar-refractivity contribution is -0.129. The number of nitrogens with zero attached hydrogens (tertiary/aromatic N) is 1. The average molecular weight is 297 g/mol. The molecule has 2 rings (SSSR count). The Balaban J connectivity index is 1.96. The number of phenolic OH excluding ortho intramolecular Hbond substituents is 1. The molecule has 0 bridgehead atoms. The average Bonchev–Trinajstić information content (AvgIpc) is 2.42. The largest absolute Gasteiger partial charge is 0.506 e. The van der Waals surface area contributed by atoms with Crippen LogP contribution in [0.15, 0.2) is 18.2 Å². The maximum atomic E-state index is 12.1. The lowest BCUT2D eigenvalue weighted by Crippen LogP contribution is -2.46. The molecular weight excluding hydrogens is 280 g/mol. The number of phenols is 1. The van der Waals surface area contributed by atoms with E-state index in [1.807, 2.05) is 0 Å². The van der Waals surface area contributed by atoms with Crippen molar-refractivity contribution >= 4 is 23.4 Å². The summed E-state index contributed by atoms with van der Waals surface area (Å²) in [5.74, 6) is -0.485. The predicted molar refractivity (Wildman–Crippen MR) is 75.9 cm³/mol. The first-order chi connectivity index (χ1) is 9.49. The van der Waals surface area contributed by atoms with Crippen LogP contribution in [-0.2, 0) is 4.79 Å². The van der Waals surface area contributed by atoms with Gasteiger partial charge in [0.2, 0.25) is 5.91 Å². The first-order valence-corrected chi connectivity index (χ1v) is 6.90. The Hall–Kier alpha value is -1.75. The van der Waals surface area contributed by atoms with Gasteiger partial charge >= 0.3 is 0 Å². The van der Waals surface area contributed by atoms with Gasteiger partial charge in [0.1, 0.15) is 5.75 Å². The summed E-state index contributed by atoms with van der Waals surface area (Å²) in [5.41, 5.74) is 0.173. The van der Waals surface area contributed by atoms with Crippen LogP contribution in [0, 0.1) is 0 Å². The van der Waals surface area contributed by atoms with Crippen molar-refractivity contribution in [3.63, 3.8) is 0 Å². The molecule has 1 aliphatic rings. The normalized spacial score (nSPS) is 16.0. The molecule has 1 saturated heterocycles. The van der Waals surface area contributed by atoms with Crippen LogP contribution in [-0.4, -0.2) is 41.0 Å². The molecule has 108 valence electrons. The predicted octanol–water partition coefficient (Wildman–Crippen LogP) is 1.79. The molecule has 0 aromatic heterocycles. The number of benzene rings is 1. The lowest BCUT2D eigenvalue weighted by Gasteiger charge is -2.31. The van der Waals surface area contributed by atoms with Gasteiger partial charge in [-0.25, -0.2) is 0 Å². The fourth-order valence-corrected chi connectivity index (χ4v) is 2.47. The van der Waals surface area contributed by atoms with E-state index in [2.05, 4.69) is 5.32 Å². The lowest BCUT2D eigenvalue weighted by atomic mass is 10.0. The Kier molecular flexibility index (Phi) is 4.49. The fourth-order valence-electron chi connectivity index (χ4n) is 2.30. The molecule has 1 aromatic carbocycles. The number of carbonyl (C=O) groups excluding carboxylic acids is 2. The monoisotopic (exact) mass is 296 g/mol. The smallest absolute Gasteiger partial charge is 0.255 e. The Morgan fingerprint density at radius 2 is 2.00 bits per heavy atom. The van der Waals surface area contributed by atoms with E-state index in [0.29, 0.717) is 25.9 Å². The quantitative estimate of drug-likeness (QED) is 0.874. The van der Waals surface area contributed by atoms with Crippen LogP contribution in [0.2, 0.25) is 5.02 Å². The Morgan fingerprint density at radius 1 is 1.35 bits per heavy atom. The molecule has 1 heterocycles. The van der Waals surface area contributed by atoms with E-state index in [-0.39, 0.29) is 34.2 Å². The highest BCUT2D eigenvalue weighted by molar-refractivity contribution is 6.32. The summed E-state index contributed by atoms with van der Waals surface area (Å²) in [6.07, 6.45) is 1.43. The second-order valence-electron chi connectivity index (χ2n) is 4.89. The number of likely N-dealkylation sites (tertiary alicyclic amines) is 1. The number of aromatic hydroxyl groups is 1. The van der Waals surface area contributed by atoms with E-state index >= 15 is 0 Å². The van der Waals surface area contributed by atoms with Crippen molar-refractivity contribution in [2.45, 2.75) is 25.8 Å². The van der Waals surface area contributed by atoms with Crippen molar-refractivity contribution < 1.29 is 14.7 Å². The zero-order chi connectivity index (χ0) is 14.7. The standard InChI is InChI=1S/C14H17ClN2O3/c1-9(18)17-7-5-10(6-8-17)16-14(20)11-3-2-4-12(15)13(11)19/h2-4,10,19H,5-8H2,1H3,(H,16,20). The van der Waals surface area contributed by atoms with E-state index in [1.165, 1.54) is 12.1 Å². The van der Waals surface area contributed by atoms with Gasteiger partial charge in [0.05, 0.1) is 10.6 Å². The van der Waals surface area contributed by atoms with Gasteiger partial charge in [0, 0.05) is 26.1 Å². The van der Waals surface area contributed by atoms with Crippen LogP contribution in [0.1, 0.15) is 30.1 Å². The molecule has 1 fully saturated rings. The minimum atomic E-state index is -0.341. The van der Waals surface area contributed by atoms with Gasteiger partial charge in [-0.15, -0.1) is 0 Å². The van der Waals surface area contributed by atoms with Crippen molar-refractivity contribution in [1.82, 2.24) is 10.2 Å². The molecule has 20 heavy (non-hydrogen) atoms. The van der Waals surface area contributed by atoms with Crippen molar-refractivity contribution in [2.75, 3.05) is 13.1 Å². The van der Waals surface area contributed by atoms with E-state index < -0.39 is 0 Å². The third kappa shape index (κ3) is 3.22. The molecule has 0 radical (unpaired) electrons. The summed E-state index contributed by atoms with van der Waals surface area (Å²) in [6.45, 7) is 2.83. The number of hydrogen-bond acceptors (Lipinski definition) is 3. The zero-order valence-electron chi connectivity index (χ0n) is 11.2. The summed E-state index contributed by atoms with van der Waals surface area (Å²) < 4.78 is 0. The van der Waals surface area contributed by atoms with Crippen LogP contribution < -0.4 is 5.32 Å². The first kappa shape index (κ1) is 14.7. The van der Waals surface area contributed by atoms with Gasteiger partial charge in [-0.3, -0.25) is 9.59 Å². The highest BCUT2D eigenvalue weighted by Gasteiger charge is 2.23.